The molecular weight excluding hydrogens is 316 g/mol. The van der Waals surface area contributed by atoms with Crippen molar-refractivity contribution in [3.63, 3.8) is 0 Å². The van der Waals surface area contributed by atoms with Crippen LogP contribution in [0.15, 0.2) is 24.3 Å². The highest BCUT2D eigenvalue weighted by Gasteiger charge is 2.30. The van der Waals surface area contributed by atoms with Gasteiger partial charge in [0.15, 0.2) is 0 Å². The SMILES string of the molecule is CN(C)c1cccc(CNC(=O)N2CCCC2CN2CCOCC2)c1. The molecule has 1 aromatic carbocycles. The Labute approximate surface area is 150 Å². The number of likely N-dealkylation sites (tertiary alicyclic amines) is 1. The second-order valence-corrected chi connectivity index (χ2v) is 7.13. The van der Waals surface area contributed by atoms with Crippen molar-refractivity contribution in [3.05, 3.63) is 29.8 Å². The maximum atomic E-state index is 12.7. The summed E-state index contributed by atoms with van der Waals surface area (Å²) >= 11 is 0. The van der Waals surface area contributed by atoms with Gasteiger partial charge in [0, 0.05) is 58.5 Å². The van der Waals surface area contributed by atoms with Gasteiger partial charge in [0.2, 0.25) is 0 Å². The number of carbonyl (C=O) groups excluding carboxylic acids is 1. The number of amides is 2. The molecule has 138 valence electrons. The summed E-state index contributed by atoms with van der Waals surface area (Å²) in [4.78, 5) is 19.2. The van der Waals surface area contributed by atoms with Crippen molar-refractivity contribution in [2.24, 2.45) is 0 Å². The van der Waals surface area contributed by atoms with E-state index in [9.17, 15) is 4.79 Å². The Morgan fingerprint density at radius 3 is 2.84 bits per heavy atom. The number of rotatable bonds is 5. The van der Waals surface area contributed by atoms with Crippen LogP contribution in [0.5, 0.6) is 0 Å². The van der Waals surface area contributed by atoms with Gasteiger partial charge in [-0.1, -0.05) is 12.1 Å². The summed E-state index contributed by atoms with van der Waals surface area (Å²) < 4.78 is 5.41. The number of carbonyl (C=O) groups is 1. The molecule has 6 heteroatoms. The predicted molar refractivity (Wildman–Crippen MR) is 100.0 cm³/mol. The van der Waals surface area contributed by atoms with E-state index in [0.29, 0.717) is 12.6 Å². The molecule has 2 saturated heterocycles. The molecule has 0 bridgehead atoms. The molecule has 0 spiro atoms. The minimum Gasteiger partial charge on any atom is -0.379 e. The van der Waals surface area contributed by atoms with Crippen LogP contribution in [0.2, 0.25) is 0 Å². The van der Waals surface area contributed by atoms with Crippen LogP contribution in [-0.4, -0.2) is 75.4 Å². The van der Waals surface area contributed by atoms with Crippen molar-refractivity contribution in [3.8, 4) is 0 Å². The van der Waals surface area contributed by atoms with Crippen LogP contribution >= 0.6 is 0 Å². The molecule has 1 unspecified atom stereocenters. The first kappa shape index (κ1) is 18.0. The van der Waals surface area contributed by atoms with Gasteiger partial charge >= 0.3 is 6.03 Å². The summed E-state index contributed by atoms with van der Waals surface area (Å²) in [5.74, 6) is 0. The highest BCUT2D eigenvalue weighted by Crippen LogP contribution is 2.19. The standard InChI is InChI=1S/C19H30N4O2/c1-21(2)17-6-3-5-16(13-17)14-20-19(24)23-8-4-7-18(23)15-22-9-11-25-12-10-22/h3,5-6,13,18H,4,7-12,14-15H2,1-2H3,(H,20,24). The summed E-state index contributed by atoms with van der Waals surface area (Å²) in [6, 6.07) is 8.67. The molecule has 0 aliphatic carbocycles. The van der Waals surface area contributed by atoms with E-state index < -0.39 is 0 Å². The molecule has 0 saturated carbocycles. The van der Waals surface area contributed by atoms with Crippen molar-refractivity contribution in [1.29, 1.82) is 0 Å². The number of anilines is 1. The number of hydrogen-bond acceptors (Lipinski definition) is 4. The zero-order valence-corrected chi connectivity index (χ0v) is 15.4. The molecule has 25 heavy (non-hydrogen) atoms. The topological polar surface area (TPSA) is 48.1 Å². The van der Waals surface area contributed by atoms with Gasteiger partial charge in [0.25, 0.3) is 0 Å². The highest BCUT2D eigenvalue weighted by molar-refractivity contribution is 5.75. The molecule has 1 N–H and O–H groups in total. The first-order valence-electron chi connectivity index (χ1n) is 9.24. The van der Waals surface area contributed by atoms with E-state index >= 15 is 0 Å². The quantitative estimate of drug-likeness (QED) is 0.883. The fourth-order valence-corrected chi connectivity index (χ4v) is 3.60. The van der Waals surface area contributed by atoms with Crippen molar-refractivity contribution >= 4 is 11.7 Å². The Morgan fingerprint density at radius 1 is 1.28 bits per heavy atom. The Hall–Kier alpha value is -1.79. The van der Waals surface area contributed by atoms with E-state index in [2.05, 4.69) is 33.3 Å². The number of hydrogen-bond donors (Lipinski definition) is 1. The van der Waals surface area contributed by atoms with Crippen LogP contribution in [0.25, 0.3) is 0 Å². The van der Waals surface area contributed by atoms with Crippen molar-refractivity contribution in [1.82, 2.24) is 15.1 Å². The molecule has 2 aliphatic rings. The van der Waals surface area contributed by atoms with E-state index in [-0.39, 0.29) is 6.03 Å². The highest BCUT2D eigenvalue weighted by atomic mass is 16.5. The molecular formula is C19H30N4O2. The van der Waals surface area contributed by atoms with Gasteiger partial charge in [-0.3, -0.25) is 4.90 Å². The fourth-order valence-electron chi connectivity index (χ4n) is 3.60. The van der Waals surface area contributed by atoms with E-state index in [4.69, 9.17) is 4.74 Å². The molecule has 2 fully saturated rings. The minimum absolute atomic E-state index is 0.0611. The Bertz CT molecular complexity index is 572. The average Bonchev–Trinajstić information content (AvgIpc) is 3.09. The summed E-state index contributed by atoms with van der Waals surface area (Å²) in [5, 5.41) is 3.10. The third kappa shape index (κ3) is 4.86. The van der Waals surface area contributed by atoms with Crippen molar-refractivity contribution in [2.45, 2.75) is 25.4 Å². The van der Waals surface area contributed by atoms with Gasteiger partial charge in [0.05, 0.1) is 13.2 Å². The summed E-state index contributed by atoms with van der Waals surface area (Å²) in [5.41, 5.74) is 2.28. The first-order chi connectivity index (χ1) is 12.1. The van der Waals surface area contributed by atoms with E-state index in [1.807, 2.05) is 25.1 Å². The molecule has 2 amide bonds. The van der Waals surface area contributed by atoms with Crippen LogP contribution < -0.4 is 10.2 Å². The molecule has 0 radical (unpaired) electrons. The number of ether oxygens (including phenoxy) is 1. The molecule has 2 aliphatic heterocycles. The Balaban J connectivity index is 1.52. The third-order valence-electron chi connectivity index (χ3n) is 5.08. The minimum atomic E-state index is 0.0611. The van der Waals surface area contributed by atoms with Gasteiger partial charge in [-0.25, -0.2) is 4.79 Å². The second kappa shape index (κ2) is 8.54. The number of benzene rings is 1. The molecule has 1 atom stereocenters. The summed E-state index contributed by atoms with van der Waals surface area (Å²) in [6.45, 7) is 5.96. The van der Waals surface area contributed by atoms with E-state index in [1.165, 1.54) is 0 Å². The lowest BCUT2D eigenvalue weighted by atomic mass is 10.2. The average molecular weight is 346 g/mol. The third-order valence-corrected chi connectivity index (χ3v) is 5.08. The Kier molecular flexibility index (Phi) is 6.15. The van der Waals surface area contributed by atoms with Gasteiger partial charge in [-0.2, -0.15) is 0 Å². The number of urea groups is 1. The molecule has 1 aromatic rings. The van der Waals surface area contributed by atoms with Crippen molar-refractivity contribution < 1.29 is 9.53 Å². The monoisotopic (exact) mass is 346 g/mol. The summed E-state index contributed by atoms with van der Waals surface area (Å²) in [7, 11) is 4.05. The van der Waals surface area contributed by atoms with Crippen LogP contribution in [0.4, 0.5) is 10.5 Å². The lowest BCUT2D eigenvalue weighted by Crippen LogP contribution is -2.49. The van der Waals surface area contributed by atoms with Crippen LogP contribution in [0, 0.1) is 0 Å². The summed E-state index contributed by atoms with van der Waals surface area (Å²) in [6.07, 6.45) is 2.19. The fraction of sp³-hybridized carbons (Fsp3) is 0.632. The van der Waals surface area contributed by atoms with Gasteiger partial charge in [-0.05, 0) is 30.5 Å². The number of nitrogens with zero attached hydrogens (tertiary/aromatic N) is 3. The van der Waals surface area contributed by atoms with Gasteiger partial charge < -0.3 is 19.9 Å². The largest absolute Gasteiger partial charge is 0.379 e. The smallest absolute Gasteiger partial charge is 0.317 e. The molecule has 0 aromatic heterocycles. The molecule has 6 nitrogen and oxygen atoms in total. The van der Waals surface area contributed by atoms with Crippen LogP contribution in [0.1, 0.15) is 18.4 Å². The number of nitrogens with one attached hydrogen (secondary N) is 1. The van der Waals surface area contributed by atoms with Crippen molar-refractivity contribution in [2.75, 3.05) is 58.4 Å². The van der Waals surface area contributed by atoms with Crippen LogP contribution in [-0.2, 0) is 11.3 Å². The second-order valence-electron chi connectivity index (χ2n) is 7.13. The normalized spacial score (nSPS) is 21.4. The van der Waals surface area contributed by atoms with Gasteiger partial charge in [-0.15, -0.1) is 0 Å². The maximum Gasteiger partial charge on any atom is 0.317 e. The zero-order chi connectivity index (χ0) is 17.6. The van der Waals surface area contributed by atoms with Gasteiger partial charge in [0.1, 0.15) is 0 Å². The van der Waals surface area contributed by atoms with E-state index in [0.717, 1.165) is 63.5 Å². The lowest BCUT2D eigenvalue weighted by Gasteiger charge is -2.33. The number of morpholine rings is 1. The van der Waals surface area contributed by atoms with Crippen LogP contribution in [0.3, 0.4) is 0 Å². The lowest BCUT2D eigenvalue weighted by molar-refractivity contribution is 0.0292. The predicted octanol–water partition coefficient (Wildman–Crippen LogP) is 1.76. The zero-order valence-electron chi connectivity index (χ0n) is 15.4. The molecule has 3 rings (SSSR count). The molecule has 2 heterocycles. The van der Waals surface area contributed by atoms with E-state index in [1.54, 1.807) is 0 Å². The Morgan fingerprint density at radius 2 is 2.08 bits per heavy atom. The first-order valence-corrected chi connectivity index (χ1v) is 9.24. The maximum absolute atomic E-state index is 12.7.